The number of fused-ring (bicyclic) bond motifs is 1. The molecule has 5 heteroatoms. The number of carbonyl (C=O) groups is 1. The maximum Gasteiger partial charge on any atom is 0.314 e. The fourth-order valence-electron chi connectivity index (χ4n) is 3.00. The second-order valence-electron chi connectivity index (χ2n) is 5.48. The number of thiocarbonyl (C=S) groups is 1. The Morgan fingerprint density at radius 1 is 1.41 bits per heavy atom. The summed E-state index contributed by atoms with van der Waals surface area (Å²) in [6.45, 7) is 2.76. The predicted molar refractivity (Wildman–Crippen MR) is 90.8 cm³/mol. The molecule has 1 unspecified atom stereocenters. The van der Waals surface area contributed by atoms with Gasteiger partial charge in [-0.25, -0.2) is 0 Å². The molecule has 0 saturated carbocycles. The highest BCUT2D eigenvalue weighted by Crippen LogP contribution is 2.36. The number of esters is 1. The van der Waals surface area contributed by atoms with E-state index in [4.69, 9.17) is 28.6 Å². The SMILES string of the molecule is COC(=O)C1CCn2c1cc(Cl)c2C(=S)c1cccc(C)c1. The van der Waals surface area contributed by atoms with Gasteiger partial charge in [0, 0.05) is 12.2 Å². The van der Waals surface area contributed by atoms with Gasteiger partial charge in [-0.3, -0.25) is 4.79 Å². The van der Waals surface area contributed by atoms with E-state index >= 15 is 0 Å². The standard InChI is InChI=1S/C17H16ClNO2S/c1-10-4-3-5-11(8-10)16(22)15-13(18)9-14-12(17(20)21-2)6-7-19(14)15/h3-5,8-9,12H,6-7H2,1-2H3. The summed E-state index contributed by atoms with van der Waals surface area (Å²) in [7, 11) is 1.41. The van der Waals surface area contributed by atoms with Gasteiger partial charge in [-0.2, -0.15) is 0 Å². The number of hydrogen-bond acceptors (Lipinski definition) is 3. The second kappa shape index (κ2) is 5.86. The van der Waals surface area contributed by atoms with E-state index in [1.54, 1.807) is 0 Å². The van der Waals surface area contributed by atoms with E-state index in [1.165, 1.54) is 7.11 Å². The average molecular weight is 334 g/mol. The van der Waals surface area contributed by atoms with Gasteiger partial charge >= 0.3 is 5.97 Å². The van der Waals surface area contributed by atoms with Gasteiger partial charge in [0.25, 0.3) is 0 Å². The molecule has 0 N–H and O–H groups in total. The van der Waals surface area contributed by atoms with Crippen LogP contribution in [-0.4, -0.2) is 22.5 Å². The van der Waals surface area contributed by atoms with Crippen molar-refractivity contribution in [2.45, 2.75) is 25.8 Å². The Morgan fingerprint density at radius 3 is 2.86 bits per heavy atom. The second-order valence-corrected chi connectivity index (χ2v) is 6.30. The van der Waals surface area contributed by atoms with Crippen LogP contribution in [0, 0.1) is 6.92 Å². The molecule has 0 spiro atoms. The van der Waals surface area contributed by atoms with Crippen LogP contribution in [-0.2, 0) is 16.1 Å². The lowest BCUT2D eigenvalue weighted by atomic mass is 10.0. The minimum Gasteiger partial charge on any atom is -0.469 e. The average Bonchev–Trinajstić information content (AvgIpc) is 3.03. The molecule has 0 aliphatic carbocycles. The summed E-state index contributed by atoms with van der Waals surface area (Å²) in [6, 6.07) is 9.89. The summed E-state index contributed by atoms with van der Waals surface area (Å²) in [5.41, 5.74) is 3.83. The van der Waals surface area contributed by atoms with Gasteiger partial charge in [0.05, 0.1) is 28.6 Å². The van der Waals surface area contributed by atoms with Crippen molar-refractivity contribution in [3.63, 3.8) is 0 Å². The first kappa shape index (κ1) is 15.3. The summed E-state index contributed by atoms with van der Waals surface area (Å²) in [5.74, 6) is -0.475. The van der Waals surface area contributed by atoms with E-state index in [0.717, 1.165) is 35.5 Å². The fraction of sp³-hybridized carbons (Fsp3) is 0.294. The minimum absolute atomic E-state index is 0.221. The Balaban J connectivity index is 2.03. The summed E-state index contributed by atoms with van der Waals surface area (Å²) in [6.07, 6.45) is 0.725. The summed E-state index contributed by atoms with van der Waals surface area (Å²) in [4.78, 5) is 12.6. The van der Waals surface area contributed by atoms with E-state index in [-0.39, 0.29) is 11.9 Å². The lowest BCUT2D eigenvalue weighted by molar-refractivity contribution is -0.142. The van der Waals surface area contributed by atoms with Gasteiger partial charge in [0.15, 0.2) is 0 Å². The maximum atomic E-state index is 11.9. The van der Waals surface area contributed by atoms with Crippen molar-refractivity contribution in [2.75, 3.05) is 7.11 Å². The Labute approximate surface area is 139 Å². The van der Waals surface area contributed by atoms with Crippen LogP contribution in [0.5, 0.6) is 0 Å². The number of aryl methyl sites for hydroxylation is 1. The van der Waals surface area contributed by atoms with Gasteiger partial charge in [0.1, 0.15) is 0 Å². The Morgan fingerprint density at radius 2 is 2.18 bits per heavy atom. The van der Waals surface area contributed by atoms with Crippen molar-refractivity contribution < 1.29 is 9.53 Å². The number of aromatic nitrogens is 1. The summed E-state index contributed by atoms with van der Waals surface area (Å²) >= 11 is 12.0. The normalized spacial score (nSPS) is 16.4. The molecule has 114 valence electrons. The smallest absolute Gasteiger partial charge is 0.314 e. The number of rotatable bonds is 3. The Bertz CT molecular complexity index is 766. The van der Waals surface area contributed by atoms with E-state index in [2.05, 4.69) is 4.57 Å². The Kier molecular flexibility index (Phi) is 4.06. The monoisotopic (exact) mass is 333 g/mol. The van der Waals surface area contributed by atoms with E-state index in [9.17, 15) is 4.79 Å². The van der Waals surface area contributed by atoms with E-state index < -0.39 is 0 Å². The van der Waals surface area contributed by atoms with Crippen LogP contribution < -0.4 is 0 Å². The predicted octanol–water partition coefficient (Wildman–Crippen LogP) is 3.88. The zero-order chi connectivity index (χ0) is 15.9. The minimum atomic E-state index is -0.253. The lowest BCUT2D eigenvalue weighted by Crippen LogP contribution is -2.11. The molecule has 3 rings (SSSR count). The van der Waals surface area contributed by atoms with Crippen LogP contribution in [0.25, 0.3) is 0 Å². The first-order valence-corrected chi connectivity index (χ1v) is 7.89. The van der Waals surface area contributed by atoms with Crippen molar-refractivity contribution in [1.82, 2.24) is 4.57 Å². The molecule has 1 aromatic heterocycles. The number of hydrogen-bond donors (Lipinski definition) is 0. The first-order valence-electron chi connectivity index (χ1n) is 7.11. The zero-order valence-corrected chi connectivity index (χ0v) is 14.0. The molecule has 0 amide bonds. The van der Waals surface area contributed by atoms with Gasteiger partial charge in [0.2, 0.25) is 0 Å². The third kappa shape index (κ3) is 2.46. The molecule has 1 aliphatic rings. The number of carbonyl (C=O) groups excluding carboxylic acids is 1. The van der Waals surface area contributed by atoms with Crippen LogP contribution in [0.2, 0.25) is 5.02 Å². The van der Waals surface area contributed by atoms with Gasteiger partial charge in [-0.1, -0.05) is 53.6 Å². The molecule has 1 aliphatic heterocycles. The highest BCUT2D eigenvalue weighted by atomic mass is 35.5. The third-order valence-electron chi connectivity index (χ3n) is 4.06. The van der Waals surface area contributed by atoms with Crippen LogP contribution in [0.15, 0.2) is 30.3 Å². The van der Waals surface area contributed by atoms with Gasteiger partial charge in [-0.05, 0) is 25.0 Å². The lowest BCUT2D eigenvalue weighted by Gasteiger charge is -2.09. The molecule has 2 aromatic rings. The van der Waals surface area contributed by atoms with Crippen LogP contribution >= 0.6 is 23.8 Å². The highest BCUT2D eigenvalue weighted by molar-refractivity contribution is 7.81. The topological polar surface area (TPSA) is 31.2 Å². The third-order valence-corrected chi connectivity index (χ3v) is 4.78. The summed E-state index contributed by atoms with van der Waals surface area (Å²) < 4.78 is 6.92. The van der Waals surface area contributed by atoms with Gasteiger partial charge in [-0.15, -0.1) is 0 Å². The van der Waals surface area contributed by atoms with E-state index in [1.807, 2.05) is 37.3 Å². The summed E-state index contributed by atoms with van der Waals surface area (Å²) in [5, 5.41) is 0.593. The molecular formula is C17H16ClNO2S. The molecule has 1 aromatic carbocycles. The molecule has 0 saturated heterocycles. The van der Waals surface area contributed by atoms with Crippen LogP contribution in [0.3, 0.4) is 0 Å². The van der Waals surface area contributed by atoms with E-state index in [0.29, 0.717) is 9.89 Å². The number of halogens is 1. The first-order chi connectivity index (χ1) is 10.5. The molecule has 1 atom stereocenters. The quantitative estimate of drug-likeness (QED) is 0.485. The molecule has 0 radical (unpaired) electrons. The molecule has 22 heavy (non-hydrogen) atoms. The number of nitrogens with zero attached hydrogens (tertiary/aromatic N) is 1. The highest BCUT2D eigenvalue weighted by Gasteiger charge is 2.33. The molecule has 0 bridgehead atoms. The molecule has 3 nitrogen and oxygen atoms in total. The van der Waals surface area contributed by atoms with Crippen molar-refractivity contribution in [1.29, 1.82) is 0 Å². The fourth-order valence-corrected chi connectivity index (χ4v) is 3.72. The van der Waals surface area contributed by atoms with Crippen molar-refractivity contribution in [2.24, 2.45) is 0 Å². The van der Waals surface area contributed by atoms with Crippen molar-refractivity contribution >= 4 is 34.7 Å². The van der Waals surface area contributed by atoms with Crippen LogP contribution in [0.1, 0.15) is 34.9 Å². The van der Waals surface area contributed by atoms with Crippen molar-refractivity contribution in [3.05, 3.63) is 57.9 Å². The maximum absolute atomic E-state index is 11.9. The molecule has 0 fully saturated rings. The number of ether oxygens (including phenoxy) is 1. The van der Waals surface area contributed by atoms with Crippen molar-refractivity contribution in [3.8, 4) is 0 Å². The zero-order valence-electron chi connectivity index (χ0n) is 12.4. The number of methoxy groups -OCH3 is 1. The van der Waals surface area contributed by atoms with Crippen LogP contribution in [0.4, 0.5) is 0 Å². The van der Waals surface area contributed by atoms with Gasteiger partial charge < -0.3 is 9.30 Å². The largest absolute Gasteiger partial charge is 0.469 e. The molecule has 2 heterocycles. The number of benzene rings is 1. The molecular weight excluding hydrogens is 318 g/mol. The Hall–Kier alpha value is -1.65.